The van der Waals surface area contributed by atoms with Crippen molar-refractivity contribution in [3.8, 4) is 17.2 Å². The molecule has 3 rings (SSSR count). The van der Waals surface area contributed by atoms with E-state index in [1.54, 1.807) is 43.6 Å². The number of carbonyl (C=O) groups excluding carboxylic acids is 1. The van der Waals surface area contributed by atoms with E-state index >= 15 is 0 Å². The first-order valence-corrected chi connectivity index (χ1v) is 6.54. The van der Waals surface area contributed by atoms with Crippen molar-refractivity contribution in [2.75, 3.05) is 0 Å². The largest absolute Gasteiger partial charge is 0.364 e. The fraction of sp³-hybridized carbons (Fsp3) is 0.0625. The lowest BCUT2D eigenvalue weighted by Crippen LogP contribution is -2.17. The van der Waals surface area contributed by atoms with Crippen LogP contribution in [0.4, 0.5) is 0 Å². The lowest BCUT2D eigenvalue weighted by Gasteiger charge is -2.06. The second-order valence-electron chi connectivity index (χ2n) is 4.98. The minimum atomic E-state index is -0.621. The number of fused-ring (bicyclic) bond motifs is 1. The number of nitrogens with one attached hydrogen (secondary N) is 1. The standard InChI is InChI=1S/C16H12N4O2/c1-20-8-12(10-4-2-9(7-17)3-5-10)11-6-13(15(18)21)19-14(11)16(20)22/h2-6,8,19H,1H3,(H2,18,21). The molecule has 6 nitrogen and oxygen atoms in total. The van der Waals surface area contributed by atoms with Crippen LogP contribution in [0.3, 0.4) is 0 Å². The molecule has 0 atom stereocenters. The monoisotopic (exact) mass is 292 g/mol. The van der Waals surface area contributed by atoms with Crippen molar-refractivity contribution in [3.05, 3.63) is 58.1 Å². The number of pyridine rings is 1. The molecule has 0 saturated heterocycles. The Morgan fingerprint density at radius 2 is 2.00 bits per heavy atom. The summed E-state index contributed by atoms with van der Waals surface area (Å²) in [7, 11) is 1.64. The molecule has 3 aromatic rings. The summed E-state index contributed by atoms with van der Waals surface area (Å²) in [4.78, 5) is 26.3. The highest BCUT2D eigenvalue weighted by atomic mass is 16.1. The fourth-order valence-electron chi connectivity index (χ4n) is 2.42. The number of amides is 1. The molecule has 6 heteroatoms. The Bertz CT molecular complexity index is 988. The summed E-state index contributed by atoms with van der Waals surface area (Å²) >= 11 is 0. The van der Waals surface area contributed by atoms with Crippen LogP contribution < -0.4 is 11.3 Å². The smallest absolute Gasteiger partial charge is 0.274 e. The Morgan fingerprint density at radius 3 is 2.59 bits per heavy atom. The molecule has 0 bridgehead atoms. The van der Waals surface area contributed by atoms with E-state index in [4.69, 9.17) is 11.0 Å². The van der Waals surface area contributed by atoms with Crippen LogP contribution in [-0.4, -0.2) is 15.5 Å². The van der Waals surface area contributed by atoms with Crippen LogP contribution in [-0.2, 0) is 7.05 Å². The predicted molar refractivity (Wildman–Crippen MR) is 82.2 cm³/mol. The second kappa shape index (κ2) is 4.90. The fourth-order valence-corrected chi connectivity index (χ4v) is 2.42. The number of primary amides is 1. The van der Waals surface area contributed by atoms with E-state index < -0.39 is 5.91 Å². The first-order valence-electron chi connectivity index (χ1n) is 6.54. The molecule has 22 heavy (non-hydrogen) atoms. The number of hydrogen-bond donors (Lipinski definition) is 2. The van der Waals surface area contributed by atoms with Crippen molar-refractivity contribution in [2.24, 2.45) is 12.8 Å². The molecule has 108 valence electrons. The van der Waals surface area contributed by atoms with Gasteiger partial charge in [-0.3, -0.25) is 9.59 Å². The maximum atomic E-state index is 12.2. The van der Waals surface area contributed by atoms with E-state index in [-0.39, 0.29) is 11.3 Å². The summed E-state index contributed by atoms with van der Waals surface area (Å²) in [6.45, 7) is 0. The van der Waals surface area contributed by atoms with Gasteiger partial charge in [-0.2, -0.15) is 5.26 Å². The van der Waals surface area contributed by atoms with Crippen LogP contribution >= 0.6 is 0 Å². The third-order valence-electron chi connectivity index (χ3n) is 3.56. The molecule has 0 saturated carbocycles. The van der Waals surface area contributed by atoms with Gasteiger partial charge in [0.2, 0.25) is 0 Å². The number of benzene rings is 1. The Morgan fingerprint density at radius 1 is 1.32 bits per heavy atom. The molecular weight excluding hydrogens is 280 g/mol. The Kier molecular flexibility index (Phi) is 3.04. The van der Waals surface area contributed by atoms with Crippen LogP contribution in [0, 0.1) is 11.3 Å². The SMILES string of the molecule is Cn1cc(-c2ccc(C#N)cc2)c2cc(C(N)=O)[nH]c2c1=O. The molecule has 1 aromatic carbocycles. The summed E-state index contributed by atoms with van der Waals surface area (Å²) in [5.41, 5.74) is 7.74. The van der Waals surface area contributed by atoms with Crippen molar-refractivity contribution in [2.45, 2.75) is 0 Å². The third kappa shape index (κ3) is 2.05. The van der Waals surface area contributed by atoms with Gasteiger partial charge in [-0.1, -0.05) is 12.1 Å². The topological polar surface area (TPSA) is 105 Å². The Balaban J connectivity index is 2.33. The molecule has 0 unspecified atom stereocenters. The van der Waals surface area contributed by atoms with Gasteiger partial charge in [0.25, 0.3) is 11.5 Å². The molecule has 0 aliphatic carbocycles. The van der Waals surface area contributed by atoms with E-state index in [1.807, 2.05) is 0 Å². The number of aromatic amines is 1. The van der Waals surface area contributed by atoms with Crippen molar-refractivity contribution < 1.29 is 4.79 Å². The number of nitrogens with zero attached hydrogens (tertiary/aromatic N) is 2. The van der Waals surface area contributed by atoms with Crippen LogP contribution in [0.5, 0.6) is 0 Å². The lowest BCUT2D eigenvalue weighted by atomic mass is 10.0. The van der Waals surface area contributed by atoms with Gasteiger partial charge in [0.05, 0.1) is 11.6 Å². The van der Waals surface area contributed by atoms with Crippen molar-refractivity contribution in [1.29, 1.82) is 5.26 Å². The highest BCUT2D eigenvalue weighted by Crippen LogP contribution is 2.27. The van der Waals surface area contributed by atoms with Gasteiger partial charge in [-0.25, -0.2) is 0 Å². The van der Waals surface area contributed by atoms with E-state index in [0.717, 1.165) is 11.1 Å². The number of rotatable bonds is 2. The number of aryl methyl sites for hydroxylation is 1. The first kappa shape index (κ1) is 13.6. The molecule has 0 aliphatic heterocycles. The van der Waals surface area contributed by atoms with Gasteiger partial charge >= 0.3 is 0 Å². The van der Waals surface area contributed by atoms with Crippen molar-refractivity contribution >= 4 is 16.8 Å². The quantitative estimate of drug-likeness (QED) is 0.747. The van der Waals surface area contributed by atoms with Crippen LogP contribution in [0.1, 0.15) is 16.1 Å². The Labute approximate surface area is 125 Å². The highest BCUT2D eigenvalue weighted by molar-refractivity contribution is 6.01. The molecular formula is C16H12N4O2. The minimum absolute atomic E-state index is 0.188. The molecule has 1 amide bonds. The average Bonchev–Trinajstić information content (AvgIpc) is 2.97. The summed E-state index contributed by atoms with van der Waals surface area (Å²) < 4.78 is 1.44. The normalized spacial score (nSPS) is 10.5. The maximum Gasteiger partial charge on any atom is 0.274 e. The van der Waals surface area contributed by atoms with E-state index in [0.29, 0.717) is 16.5 Å². The maximum absolute atomic E-state index is 12.2. The molecule has 0 aliphatic rings. The minimum Gasteiger partial charge on any atom is -0.364 e. The van der Waals surface area contributed by atoms with Crippen molar-refractivity contribution in [1.82, 2.24) is 9.55 Å². The predicted octanol–water partition coefficient (Wildman–Crippen LogP) is 1.50. The second-order valence-corrected chi connectivity index (χ2v) is 4.98. The number of nitrogens with two attached hydrogens (primary N) is 1. The molecule has 2 heterocycles. The number of nitriles is 1. The van der Waals surface area contributed by atoms with E-state index in [1.165, 1.54) is 4.57 Å². The zero-order valence-corrected chi connectivity index (χ0v) is 11.8. The van der Waals surface area contributed by atoms with Crippen LogP contribution in [0.15, 0.2) is 41.3 Å². The number of aromatic nitrogens is 2. The van der Waals surface area contributed by atoms with Gasteiger partial charge < -0.3 is 15.3 Å². The molecule has 3 N–H and O–H groups in total. The summed E-state index contributed by atoms with van der Waals surface area (Å²) in [6, 6.07) is 10.6. The van der Waals surface area contributed by atoms with E-state index in [2.05, 4.69) is 11.1 Å². The van der Waals surface area contributed by atoms with Gasteiger partial charge in [0.1, 0.15) is 11.2 Å². The Hall–Kier alpha value is -3.33. The average molecular weight is 292 g/mol. The molecule has 0 radical (unpaired) electrons. The number of H-pyrrole nitrogens is 1. The zero-order valence-electron chi connectivity index (χ0n) is 11.8. The first-order chi connectivity index (χ1) is 10.5. The summed E-state index contributed by atoms with van der Waals surface area (Å²) in [6.07, 6.45) is 1.70. The van der Waals surface area contributed by atoms with Crippen LogP contribution in [0.25, 0.3) is 22.0 Å². The molecule has 0 spiro atoms. The van der Waals surface area contributed by atoms with Gasteiger partial charge in [0.15, 0.2) is 0 Å². The summed E-state index contributed by atoms with van der Waals surface area (Å²) in [5, 5.41) is 9.49. The number of carbonyl (C=O) groups is 1. The van der Waals surface area contributed by atoms with E-state index in [9.17, 15) is 9.59 Å². The highest BCUT2D eigenvalue weighted by Gasteiger charge is 2.14. The molecule has 2 aromatic heterocycles. The van der Waals surface area contributed by atoms with Gasteiger partial charge in [-0.15, -0.1) is 0 Å². The third-order valence-corrected chi connectivity index (χ3v) is 3.56. The zero-order chi connectivity index (χ0) is 15.9. The van der Waals surface area contributed by atoms with Gasteiger partial charge in [-0.05, 0) is 23.8 Å². The summed E-state index contributed by atoms with van der Waals surface area (Å²) in [5.74, 6) is -0.621. The van der Waals surface area contributed by atoms with Gasteiger partial charge in [0, 0.05) is 24.2 Å². The van der Waals surface area contributed by atoms with Crippen molar-refractivity contribution in [3.63, 3.8) is 0 Å². The molecule has 0 fully saturated rings. The lowest BCUT2D eigenvalue weighted by molar-refractivity contribution is 0.0996. The number of hydrogen-bond acceptors (Lipinski definition) is 3. The van der Waals surface area contributed by atoms with Crippen LogP contribution in [0.2, 0.25) is 0 Å².